The van der Waals surface area contributed by atoms with Crippen LogP contribution < -0.4 is 0 Å². The number of ether oxygens (including phenoxy) is 3. The van der Waals surface area contributed by atoms with Gasteiger partial charge in [0.15, 0.2) is 23.3 Å². The molecule has 0 aromatic heterocycles. The largest absolute Gasteiger partial charge is 0.451 e. The summed E-state index contributed by atoms with van der Waals surface area (Å²) in [7, 11) is 0. The summed E-state index contributed by atoms with van der Waals surface area (Å²) in [5, 5.41) is 12.9. The van der Waals surface area contributed by atoms with Gasteiger partial charge in [0.05, 0.1) is 12.0 Å². The number of Topliss-reactive ketones (excluding diaryl/α,β-unsaturated/α-hetero) is 1. The van der Waals surface area contributed by atoms with E-state index in [1.165, 1.54) is 0 Å². The minimum absolute atomic E-state index is 0.0270. The van der Waals surface area contributed by atoms with E-state index in [-0.39, 0.29) is 29.6 Å². The first-order valence-corrected chi connectivity index (χ1v) is 12.5. The maximum absolute atomic E-state index is 14.6. The van der Waals surface area contributed by atoms with Gasteiger partial charge < -0.3 is 19.3 Å². The summed E-state index contributed by atoms with van der Waals surface area (Å²) in [5.74, 6) is -1.88. The number of fused-ring (bicyclic) bond motifs is 3. The lowest BCUT2D eigenvalue weighted by atomic mass is 9.59. The first kappa shape index (κ1) is 25.3. The summed E-state index contributed by atoms with van der Waals surface area (Å²) in [4.78, 5) is 27.5. The Labute approximate surface area is 203 Å². The monoisotopic (exact) mass is 472 g/mol. The van der Waals surface area contributed by atoms with Gasteiger partial charge in [-0.2, -0.15) is 0 Å². The molecule has 6 nitrogen and oxygen atoms in total. The van der Waals surface area contributed by atoms with E-state index in [1.54, 1.807) is 33.8 Å². The maximum atomic E-state index is 14.6. The van der Waals surface area contributed by atoms with Crippen LogP contribution in [0.1, 0.15) is 68.7 Å². The molecule has 1 saturated heterocycles. The van der Waals surface area contributed by atoms with Gasteiger partial charge in [-0.05, 0) is 69.4 Å². The predicted octanol–water partition coefficient (Wildman–Crippen LogP) is 4.52. The van der Waals surface area contributed by atoms with E-state index in [0.29, 0.717) is 11.1 Å². The molecule has 1 saturated carbocycles. The Kier molecular flexibility index (Phi) is 5.87. The highest BCUT2D eigenvalue weighted by Crippen LogP contribution is 2.63. The number of allylic oxidation sites excluding steroid dienone is 2. The van der Waals surface area contributed by atoms with Crippen LogP contribution in [0.3, 0.4) is 0 Å². The summed E-state index contributed by atoms with van der Waals surface area (Å²) in [6, 6.07) is 0. The molecule has 1 unspecified atom stereocenters. The van der Waals surface area contributed by atoms with Crippen LogP contribution in [0.15, 0.2) is 34.9 Å². The Balaban J connectivity index is 2.00. The van der Waals surface area contributed by atoms with Crippen molar-refractivity contribution in [3.8, 4) is 0 Å². The number of carbonyl (C=O) groups is 2. The zero-order valence-corrected chi connectivity index (χ0v) is 22.0. The van der Waals surface area contributed by atoms with Crippen LogP contribution in [0, 0.1) is 28.6 Å². The van der Waals surface area contributed by atoms with Crippen molar-refractivity contribution < 1.29 is 28.9 Å². The number of aliphatic hydroxyl groups is 1. The molecule has 1 spiro atoms. The lowest BCUT2D eigenvalue weighted by Crippen LogP contribution is -2.68. The van der Waals surface area contributed by atoms with Gasteiger partial charge in [-0.25, -0.2) is 4.79 Å². The molecule has 188 valence electrons. The normalized spacial score (nSPS) is 43.1. The maximum Gasteiger partial charge on any atom is 0.334 e. The van der Waals surface area contributed by atoms with Crippen molar-refractivity contribution in [1.82, 2.24) is 0 Å². The zero-order chi connectivity index (χ0) is 25.4. The third-order valence-corrected chi connectivity index (χ3v) is 9.26. The quantitative estimate of drug-likeness (QED) is 0.361. The highest BCUT2D eigenvalue weighted by Gasteiger charge is 2.74. The molecular weight excluding hydrogens is 432 g/mol. The summed E-state index contributed by atoms with van der Waals surface area (Å²) >= 11 is 0. The van der Waals surface area contributed by atoms with Crippen molar-refractivity contribution >= 4 is 11.8 Å². The predicted molar refractivity (Wildman–Crippen MR) is 129 cm³/mol. The molecule has 0 radical (unpaired) electrons. The fraction of sp³-hybridized carbons (Fsp3) is 0.714. The van der Waals surface area contributed by atoms with E-state index >= 15 is 0 Å². The number of rotatable bonds is 2. The van der Waals surface area contributed by atoms with Gasteiger partial charge >= 0.3 is 5.97 Å². The second-order valence-corrected chi connectivity index (χ2v) is 12.0. The molecule has 0 aromatic rings. The fourth-order valence-corrected chi connectivity index (χ4v) is 6.68. The Hall–Kier alpha value is -1.76. The molecule has 6 heteroatoms. The average molecular weight is 473 g/mol. The highest BCUT2D eigenvalue weighted by molar-refractivity contribution is 5.95. The molecule has 0 amide bonds. The summed E-state index contributed by atoms with van der Waals surface area (Å²) in [5.41, 5.74) is -1.51. The minimum Gasteiger partial charge on any atom is -0.451 e. The van der Waals surface area contributed by atoms with Gasteiger partial charge in [-0.15, -0.1) is 0 Å². The molecule has 1 heterocycles. The van der Waals surface area contributed by atoms with Gasteiger partial charge in [-0.1, -0.05) is 45.9 Å². The molecule has 1 N–H and O–H groups in total. The average Bonchev–Trinajstić information content (AvgIpc) is 2.92. The van der Waals surface area contributed by atoms with Crippen molar-refractivity contribution in [2.24, 2.45) is 28.6 Å². The Morgan fingerprint density at radius 3 is 2.47 bits per heavy atom. The standard InChI is InChI=1S/C28H40O6/c1-10-15(2)24(30)33-22-16(3)13-27-18(5)11-17(4)25(6,7)20(21(27)29)12-19-14-32-26(8,9)34-23(19)28(22,27)31/h10,12-13,17-18,20,22-23,31H,11,14H2,1-9H3/b15-10-/t17-,18?,20+,22-,23+,27+,28+/m0/s1. The molecule has 0 aromatic carbocycles. The van der Waals surface area contributed by atoms with Gasteiger partial charge in [0.2, 0.25) is 0 Å². The summed E-state index contributed by atoms with van der Waals surface area (Å²) < 4.78 is 18.4. The first-order chi connectivity index (χ1) is 15.6. The van der Waals surface area contributed by atoms with E-state index in [0.717, 1.165) is 12.0 Å². The number of hydrogen-bond acceptors (Lipinski definition) is 6. The van der Waals surface area contributed by atoms with Crippen LogP contribution in [-0.2, 0) is 23.8 Å². The zero-order valence-electron chi connectivity index (χ0n) is 22.0. The van der Waals surface area contributed by atoms with Gasteiger partial charge in [0.25, 0.3) is 0 Å². The molecule has 1 aliphatic heterocycles. The van der Waals surface area contributed by atoms with Gasteiger partial charge in [0, 0.05) is 11.5 Å². The van der Waals surface area contributed by atoms with E-state index in [2.05, 4.69) is 20.8 Å². The second kappa shape index (κ2) is 7.87. The Bertz CT molecular complexity index is 1000. The van der Waals surface area contributed by atoms with Crippen molar-refractivity contribution in [2.75, 3.05) is 6.61 Å². The van der Waals surface area contributed by atoms with Crippen LogP contribution >= 0.6 is 0 Å². The lowest BCUT2D eigenvalue weighted by Gasteiger charge is -2.52. The summed E-state index contributed by atoms with van der Waals surface area (Å²) in [6.45, 7) is 17.6. The third kappa shape index (κ3) is 3.25. The molecule has 2 fully saturated rings. The third-order valence-electron chi connectivity index (χ3n) is 9.26. The first-order valence-electron chi connectivity index (χ1n) is 12.5. The second-order valence-electron chi connectivity index (χ2n) is 12.0. The van der Waals surface area contributed by atoms with Crippen LogP contribution in [0.5, 0.6) is 0 Å². The Morgan fingerprint density at radius 2 is 1.85 bits per heavy atom. The van der Waals surface area contributed by atoms with Crippen LogP contribution in [0.25, 0.3) is 0 Å². The number of ketones is 1. The minimum atomic E-state index is -1.79. The Morgan fingerprint density at radius 1 is 1.21 bits per heavy atom. The van der Waals surface area contributed by atoms with E-state index < -0.39 is 40.9 Å². The van der Waals surface area contributed by atoms with Crippen LogP contribution in [0.4, 0.5) is 0 Å². The van der Waals surface area contributed by atoms with Crippen molar-refractivity contribution in [3.63, 3.8) is 0 Å². The van der Waals surface area contributed by atoms with Gasteiger partial charge in [-0.3, -0.25) is 4.79 Å². The molecular formula is C28H40O6. The molecule has 7 atom stereocenters. The fourth-order valence-electron chi connectivity index (χ4n) is 6.68. The van der Waals surface area contributed by atoms with Crippen LogP contribution in [0.2, 0.25) is 0 Å². The smallest absolute Gasteiger partial charge is 0.334 e. The van der Waals surface area contributed by atoms with Gasteiger partial charge in [0.1, 0.15) is 6.10 Å². The SMILES string of the molecule is C/C=C(/C)C(=O)O[C@H]1C(C)=C[C@@]23C(=O)[C@@H](C=C4COC(C)(C)O[C@H]4[C@]12O)C(C)(C)[C@@H](C)CC3C. The topological polar surface area (TPSA) is 82.1 Å². The molecule has 3 aliphatic carbocycles. The van der Waals surface area contributed by atoms with E-state index in [9.17, 15) is 14.7 Å². The van der Waals surface area contributed by atoms with Crippen molar-refractivity contribution in [2.45, 2.75) is 92.3 Å². The summed E-state index contributed by atoms with van der Waals surface area (Å²) in [6.07, 6.45) is 4.45. The molecule has 34 heavy (non-hydrogen) atoms. The molecule has 4 aliphatic rings. The molecule has 2 bridgehead atoms. The molecule has 4 rings (SSSR count). The van der Waals surface area contributed by atoms with Crippen molar-refractivity contribution in [3.05, 3.63) is 34.9 Å². The van der Waals surface area contributed by atoms with E-state index in [1.807, 2.05) is 26.0 Å². The number of hydrogen-bond donors (Lipinski definition) is 1. The van der Waals surface area contributed by atoms with E-state index in [4.69, 9.17) is 14.2 Å². The number of carbonyl (C=O) groups excluding carboxylic acids is 2. The lowest BCUT2D eigenvalue weighted by molar-refractivity contribution is -0.303. The highest BCUT2D eigenvalue weighted by atomic mass is 16.7. The van der Waals surface area contributed by atoms with Crippen LogP contribution in [-0.4, -0.2) is 47.1 Å². The number of esters is 1. The van der Waals surface area contributed by atoms with Crippen molar-refractivity contribution in [1.29, 1.82) is 0 Å².